The summed E-state index contributed by atoms with van der Waals surface area (Å²) in [6, 6.07) is 23.5. The summed E-state index contributed by atoms with van der Waals surface area (Å²) < 4.78 is 12.6. The number of aromatic nitrogens is 3. The lowest BCUT2D eigenvalue weighted by molar-refractivity contribution is 0.0844. The van der Waals surface area contributed by atoms with Crippen LogP contribution in [0.25, 0.3) is 5.69 Å². The maximum absolute atomic E-state index is 12.4. The van der Waals surface area contributed by atoms with Crippen LogP contribution < -0.4 is 20.3 Å². The van der Waals surface area contributed by atoms with Crippen molar-refractivity contribution in [1.82, 2.24) is 25.8 Å². The van der Waals surface area contributed by atoms with E-state index >= 15 is 0 Å². The van der Waals surface area contributed by atoms with Gasteiger partial charge in [-0.25, -0.2) is 4.68 Å². The lowest BCUT2D eigenvalue weighted by Crippen LogP contribution is -2.41. The van der Waals surface area contributed by atoms with Gasteiger partial charge < -0.3 is 9.47 Å². The van der Waals surface area contributed by atoms with Crippen LogP contribution in [0, 0.1) is 0 Å². The largest absolute Gasteiger partial charge is 0.494 e. The maximum atomic E-state index is 12.4. The first-order valence-electron chi connectivity index (χ1n) is 10.7. The number of nitrogens with one attached hydrogen (secondary N) is 2. The lowest BCUT2D eigenvalue weighted by atomic mass is 10.1. The number of carbonyl (C=O) groups is 2. The molecule has 9 heteroatoms. The molecule has 34 heavy (non-hydrogen) atoms. The fraction of sp³-hybridized carbons (Fsp3) is 0.120. The summed E-state index contributed by atoms with van der Waals surface area (Å²) in [5.74, 6) is 0.481. The molecule has 2 amide bonds. The van der Waals surface area contributed by atoms with E-state index in [0.717, 1.165) is 22.7 Å². The molecule has 1 aromatic heterocycles. The van der Waals surface area contributed by atoms with Crippen molar-refractivity contribution < 1.29 is 19.1 Å². The van der Waals surface area contributed by atoms with Crippen LogP contribution in [0.4, 0.5) is 0 Å². The molecule has 0 radical (unpaired) electrons. The SMILES string of the molecule is CCOc1ccc(OCc2ccc(C(=O)NNC(=O)c3cn(-c4ccccc4)nn3)cc2)cc1. The van der Waals surface area contributed by atoms with Crippen molar-refractivity contribution in [1.29, 1.82) is 0 Å². The molecule has 4 aromatic rings. The van der Waals surface area contributed by atoms with Crippen LogP contribution in [-0.2, 0) is 6.61 Å². The molecular formula is C25H23N5O4. The second kappa shape index (κ2) is 10.8. The van der Waals surface area contributed by atoms with E-state index in [1.165, 1.54) is 10.9 Å². The van der Waals surface area contributed by atoms with Gasteiger partial charge in [-0.1, -0.05) is 35.5 Å². The highest BCUT2D eigenvalue weighted by atomic mass is 16.5. The molecule has 3 aromatic carbocycles. The van der Waals surface area contributed by atoms with Gasteiger partial charge in [0, 0.05) is 5.56 Å². The van der Waals surface area contributed by atoms with Crippen LogP contribution in [0.5, 0.6) is 11.5 Å². The van der Waals surface area contributed by atoms with Gasteiger partial charge in [0.1, 0.15) is 18.1 Å². The first kappa shape index (κ1) is 22.5. The third-order valence-corrected chi connectivity index (χ3v) is 4.79. The molecule has 0 aliphatic rings. The molecule has 0 saturated carbocycles. The summed E-state index contributed by atoms with van der Waals surface area (Å²) in [6.45, 7) is 2.89. The monoisotopic (exact) mass is 457 g/mol. The number of para-hydroxylation sites is 1. The van der Waals surface area contributed by atoms with Gasteiger partial charge in [-0.2, -0.15) is 0 Å². The number of hydrazine groups is 1. The Kier molecular flexibility index (Phi) is 7.14. The average molecular weight is 457 g/mol. The normalized spacial score (nSPS) is 10.4. The van der Waals surface area contributed by atoms with E-state index in [-0.39, 0.29) is 5.69 Å². The summed E-state index contributed by atoms with van der Waals surface area (Å²) in [6.07, 6.45) is 1.48. The predicted molar refractivity (Wildman–Crippen MR) is 125 cm³/mol. The van der Waals surface area contributed by atoms with Gasteiger partial charge in [-0.3, -0.25) is 20.4 Å². The topological polar surface area (TPSA) is 107 Å². The number of hydrogen-bond acceptors (Lipinski definition) is 6. The molecule has 0 aliphatic heterocycles. The third-order valence-electron chi connectivity index (χ3n) is 4.79. The lowest BCUT2D eigenvalue weighted by Gasteiger charge is -2.09. The Hall–Kier alpha value is -4.66. The van der Waals surface area contributed by atoms with Crippen molar-refractivity contribution in [2.45, 2.75) is 13.5 Å². The number of carbonyl (C=O) groups excluding carboxylic acids is 2. The van der Waals surface area contributed by atoms with E-state index in [2.05, 4.69) is 21.2 Å². The molecule has 4 rings (SSSR count). The molecule has 9 nitrogen and oxygen atoms in total. The number of ether oxygens (including phenoxy) is 2. The number of nitrogens with zero attached hydrogens (tertiary/aromatic N) is 3. The molecule has 0 atom stereocenters. The summed E-state index contributed by atoms with van der Waals surface area (Å²) in [4.78, 5) is 24.7. The molecule has 0 saturated heterocycles. The van der Waals surface area contributed by atoms with E-state index in [1.807, 2.05) is 61.5 Å². The van der Waals surface area contributed by atoms with Gasteiger partial charge in [-0.15, -0.1) is 5.10 Å². The first-order chi connectivity index (χ1) is 16.6. The number of rotatable bonds is 8. The minimum atomic E-state index is -0.573. The maximum Gasteiger partial charge on any atom is 0.291 e. The Bertz CT molecular complexity index is 1240. The van der Waals surface area contributed by atoms with Crippen LogP contribution in [0.1, 0.15) is 33.3 Å². The van der Waals surface area contributed by atoms with Crippen LogP contribution >= 0.6 is 0 Å². The molecule has 0 fully saturated rings. The van der Waals surface area contributed by atoms with Crippen LogP contribution in [0.3, 0.4) is 0 Å². The Labute approximate surface area is 196 Å². The van der Waals surface area contributed by atoms with Gasteiger partial charge >= 0.3 is 0 Å². The van der Waals surface area contributed by atoms with Gasteiger partial charge in [0.25, 0.3) is 11.8 Å². The molecule has 1 heterocycles. The fourth-order valence-corrected chi connectivity index (χ4v) is 3.04. The van der Waals surface area contributed by atoms with Crippen molar-refractivity contribution in [2.75, 3.05) is 6.61 Å². The Balaban J connectivity index is 1.26. The van der Waals surface area contributed by atoms with Crippen molar-refractivity contribution in [3.63, 3.8) is 0 Å². The predicted octanol–water partition coefficient (Wildman–Crippen LogP) is 3.32. The zero-order chi connectivity index (χ0) is 23.8. The third kappa shape index (κ3) is 5.77. The van der Waals surface area contributed by atoms with Crippen molar-refractivity contribution in [3.8, 4) is 17.2 Å². The smallest absolute Gasteiger partial charge is 0.291 e. The highest BCUT2D eigenvalue weighted by molar-refractivity contribution is 5.98. The van der Waals surface area contributed by atoms with Gasteiger partial charge in [0.2, 0.25) is 0 Å². The first-order valence-corrected chi connectivity index (χ1v) is 10.7. The second-order valence-corrected chi connectivity index (χ2v) is 7.18. The number of benzene rings is 3. The van der Waals surface area contributed by atoms with E-state index < -0.39 is 11.8 Å². The summed E-state index contributed by atoms with van der Waals surface area (Å²) in [7, 11) is 0. The molecule has 0 unspecified atom stereocenters. The summed E-state index contributed by atoms with van der Waals surface area (Å²) >= 11 is 0. The van der Waals surface area contributed by atoms with E-state index in [9.17, 15) is 9.59 Å². The molecule has 0 aliphatic carbocycles. The van der Waals surface area contributed by atoms with Crippen molar-refractivity contribution >= 4 is 11.8 Å². The molecule has 172 valence electrons. The zero-order valence-corrected chi connectivity index (χ0v) is 18.5. The summed E-state index contributed by atoms with van der Waals surface area (Å²) in [5.41, 5.74) is 6.85. The van der Waals surface area contributed by atoms with Crippen LogP contribution in [-0.4, -0.2) is 33.4 Å². The minimum Gasteiger partial charge on any atom is -0.494 e. The highest BCUT2D eigenvalue weighted by Crippen LogP contribution is 2.18. The average Bonchev–Trinajstić information content (AvgIpc) is 3.38. The van der Waals surface area contributed by atoms with Crippen LogP contribution in [0.15, 0.2) is 85.1 Å². The van der Waals surface area contributed by atoms with Gasteiger partial charge in [0.05, 0.1) is 18.5 Å². The highest BCUT2D eigenvalue weighted by Gasteiger charge is 2.13. The van der Waals surface area contributed by atoms with Crippen LogP contribution in [0.2, 0.25) is 0 Å². The Morgan fingerprint density at radius 1 is 0.824 bits per heavy atom. The standard InChI is InChI=1S/C25H23N5O4/c1-2-33-21-12-14-22(15-13-21)34-17-18-8-10-19(11-9-18)24(31)27-28-25(32)23-16-30(29-26-23)20-6-4-3-5-7-20/h3-16H,2,17H2,1H3,(H,27,31)(H,28,32). The molecular weight excluding hydrogens is 434 g/mol. The van der Waals surface area contributed by atoms with Crippen molar-refractivity contribution in [2.24, 2.45) is 0 Å². The second-order valence-electron chi connectivity index (χ2n) is 7.18. The Morgan fingerprint density at radius 3 is 2.15 bits per heavy atom. The van der Waals surface area contributed by atoms with E-state index in [0.29, 0.717) is 18.8 Å². The molecule has 0 bridgehead atoms. The number of amides is 2. The molecule has 2 N–H and O–H groups in total. The van der Waals surface area contributed by atoms with E-state index in [1.54, 1.807) is 24.3 Å². The summed E-state index contributed by atoms with van der Waals surface area (Å²) in [5, 5.41) is 7.77. The number of hydrogen-bond donors (Lipinski definition) is 2. The van der Waals surface area contributed by atoms with Gasteiger partial charge in [0.15, 0.2) is 5.69 Å². The fourth-order valence-electron chi connectivity index (χ4n) is 3.04. The molecule has 0 spiro atoms. The quantitative estimate of drug-likeness (QED) is 0.393. The van der Waals surface area contributed by atoms with Crippen molar-refractivity contribution in [3.05, 3.63) is 102 Å². The minimum absolute atomic E-state index is 0.0749. The Morgan fingerprint density at radius 2 is 1.47 bits per heavy atom. The van der Waals surface area contributed by atoms with E-state index in [4.69, 9.17) is 9.47 Å². The van der Waals surface area contributed by atoms with Gasteiger partial charge in [-0.05, 0) is 61.0 Å². The zero-order valence-electron chi connectivity index (χ0n) is 18.5.